The van der Waals surface area contributed by atoms with Crippen LogP contribution < -0.4 is 5.32 Å². The Morgan fingerprint density at radius 2 is 2.00 bits per heavy atom. The highest BCUT2D eigenvalue weighted by Gasteiger charge is 2.10. The summed E-state index contributed by atoms with van der Waals surface area (Å²) in [7, 11) is 2.04. The molecule has 5 nitrogen and oxygen atoms in total. The molecular weight excluding hydrogens is 348 g/mol. The van der Waals surface area contributed by atoms with Crippen molar-refractivity contribution in [3.63, 3.8) is 0 Å². The lowest BCUT2D eigenvalue weighted by Crippen LogP contribution is -2.32. The third-order valence-electron chi connectivity index (χ3n) is 3.99. The summed E-state index contributed by atoms with van der Waals surface area (Å²) < 4.78 is 1.64. The fourth-order valence-corrected chi connectivity index (χ4v) is 2.82. The highest BCUT2D eigenvalue weighted by molar-refractivity contribution is 6.30. The van der Waals surface area contributed by atoms with E-state index in [0.29, 0.717) is 17.1 Å². The van der Waals surface area contributed by atoms with Crippen LogP contribution in [0.25, 0.3) is 5.69 Å². The van der Waals surface area contributed by atoms with Crippen LogP contribution >= 0.6 is 11.6 Å². The molecule has 1 heterocycles. The van der Waals surface area contributed by atoms with E-state index in [1.165, 1.54) is 5.56 Å². The third-order valence-corrected chi connectivity index (χ3v) is 4.23. The number of aromatic nitrogens is 2. The average Bonchev–Trinajstić information content (AvgIpc) is 3.13. The smallest absolute Gasteiger partial charge is 0.254 e. The van der Waals surface area contributed by atoms with E-state index in [0.717, 1.165) is 18.8 Å². The van der Waals surface area contributed by atoms with Crippen LogP contribution in [0.4, 0.5) is 0 Å². The van der Waals surface area contributed by atoms with Crippen molar-refractivity contribution in [3.8, 4) is 5.69 Å². The van der Waals surface area contributed by atoms with Crippen LogP contribution in [-0.2, 0) is 6.54 Å². The quantitative estimate of drug-likeness (QED) is 0.695. The molecule has 2 aromatic carbocycles. The van der Waals surface area contributed by atoms with Crippen molar-refractivity contribution in [1.29, 1.82) is 0 Å². The molecule has 0 atom stereocenters. The van der Waals surface area contributed by atoms with Gasteiger partial charge in [-0.1, -0.05) is 48.0 Å². The molecule has 1 aromatic heterocycles. The van der Waals surface area contributed by atoms with Crippen LogP contribution in [0.3, 0.4) is 0 Å². The molecule has 6 heteroatoms. The second kappa shape index (κ2) is 8.65. The highest BCUT2D eigenvalue weighted by Crippen LogP contribution is 2.14. The van der Waals surface area contributed by atoms with E-state index in [2.05, 4.69) is 27.4 Å². The lowest BCUT2D eigenvalue weighted by atomic mass is 10.2. The molecule has 3 aromatic rings. The fraction of sp³-hybridized carbons (Fsp3) is 0.200. The predicted octanol–water partition coefficient (Wildman–Crippen LogP) is 3.39. The molecule has 0 radical (unpaired) electrons. The minimum Gasteiger partial charge on any atom is -0.351 e. The minimum atomic E-state index is -0.133. The van der Waals surface area contributed by atoms with E-state index in [-0.39, 0.29) is 5.91 Å². The topological polar surface area (TPSA) is 50.2 Å². The molecule has 0 spiro atoms. The Balaban J connectivity index is 1.49. The second-order valence-corrected chi connectivity index (χ2v) is 6.57. The highest BCUT2D eigenvalue weighted by atomic mass is 35.5. The first-order chi connectivity index (χ1) is 12.6. The van der Waals surface area contributed by atoms with Gasteiger partial charge in [0.05, 0.1) is 17.4 Å². The van der Waals surface area contributed by atoms with E-state index in [9.17, 15) is 4.79 Å². The number of nitrogens with zero attached hydrogens (tertiary/aromatic N) is 3. The van der Waals surface area contributed by atoms with Crippen molar-refractivity contribution in [2.24, 2.45) is 0 Å². The van der Waals surface area contributed by atoms with Crippen molar-refractivity contribution < 1.29 is 4.79 Å². The Morgan fingerprint density at radius 3 is 2.77 bits per heavy atom. The van der Waals surface area contributed by atoms with Gasteiger partial charge >= 0.3 is 0 Å². The van der Waals surface area contributed by atoms with Crippen LogP contribution in [0.5, 0.6) is 0 Å². The maximum Gasteiger partial charge on any atom is 0.254 e. The van der Waals surface area contributed by atoms with Gasteiger partial charge < -0.3 is 10.2 Å². The summed E-state index contributed by atoms with van der Waals surface area (Å²) in [5, 5.41) is 7.80. The fourth-order valence-electron chi connectivity index (χ4n) is 2.64. The summed E-state index contributed by atoms with van der Waals surface area (Å²) in [5.41, 5.74) is 2.60. The van der Waals surface area contributed by atoms with Crippen molar-refractivity contribution >= 4 is 17.5 Å². The standard InChI is InChI=1S/C20H21ClN4O/c1-24(14-16-6-3-2-4-7-16)11-10-22-20(26)17-13-23-25(15-17)19-9-5-8-18(21)12-19/h2-9,12-13,15H,10-11,14H2,1H3,(H,22,26). The molecule has 0 aliphatic rings. The number of hydrogen-bond acceptors (Lipinski definition) is 3. The summed E-state index contributed by atoms with van der Waals surface area (Å²) >= 11 is 6.00. The maximum atomic E-state index is 12.3. The van der Waals surface area contributed by atoms with Gasteiger partial charge in [0.25, 0.3) is 5.91 Å². The SMILES string of the molecule is CN(CCNC(=O)c1cnn(-c2cccc(Cl)c2)c1)Cc1ccccc1. The van der Waals surface area contributed by atoms with Crippen molar-refractivity contribution in [2.75, 3.05) is 20.1 Å². The summed E-state index contributed by atoms with van der Waals surface area (Å²) in [5.74, 6) is -0.133. The van der Waals surface area contributed by atoms with E-state index in [1.54, 1.807) is 29.2 Å². The summed E-state index contributed by atoms with van der Waals surface area (Å²) in [4.78, 5) is 14.5. The summed E-state index contributed by atoms with van der Waals surface area (Å²) in [6.07, 6.45) is 3.26. The van der Waals surface area contributed by atoms with E-state index in [4.69, 9.17) is 11.6 Å². The zero-order chi connectivity index (χ0) is 18.4. The Kier molecular flexibility index (Phi) is 6.04. The molecule has 1 N–H and O–H groups in total. The molecular formula is C20H21ClN4O. The number of halogens is 1. The molecule has 0 unspecified atom stereocenters. The first-order valence-corrected chi connectivity index (χ1v) is 8.81. The van der Waals surface area contributed by atoms with Gasteiger partial charge in [0.2, 0.25) is 0 Å². The Bertz CT molecular complexity index is 863. The average molecular weight is 369 g/mol. The summed E-state index contributed by atoms with van der Waals surface area (Å²) in [6.45, 7) is 2.19. The minimum absolute atomic E-state index is 0.133. The van der Waals surface area contributed by atoms with Crippen LogP contribution in [0.1, 0.15) is 15.9 Å². The Hall–Kier alpha value is -2.63. The number of hydrogen-bond donors (Lipinski definition) is 1. The number of nitrogens with one attached hydrogen (secondary N) is 1. The van der Waals surface area contributed by atoms with Gasteiger partial charge in [-0.05, 0) is 30.8 Å². The molecule has 0 fully saturated rings. The molecule has 0 aliphatic carbocycles. The zero-order valence-corrected chi connectivity index (χ0v) is 15.4. The van der Waals surface area contributed by atoms with Crippen LogP contribution in [0, 0.1) is 0 Å². The predicted molar refractivity (Wildman–Crippen MR) is 104 cm³/mol. The number of rotatable bonds is 7. The third kappa shape index (κ3) is 4.94. The van der Waals surface area contributed by atoms with Gasteiger partial charge in [-0.25, -0.2) is 4.68 Å². The van der Waals surface area contributed by atoms with Gasteiger partial charge in [0.15, 0.2) is 0 Å². The van der Waals surface area contributed by atoms with Gasteiger partial charge in [-0.3, -0.25) is 4.79 Å². The van der Waals surface area contributed by atoms with Gasteiger partial charge in [-0.15, -0.1) is 0 Å². The van der Waals surface area contributed by atoms with E-state index in [1.807, 2.05) is 37.4 Å². The molecule has 1 amide bonds. The van der Waals surface area contributed by atoms with Crippen LogP contribution in [-0.4, -0.2) is 40.7 Å². The Labute approximate surface area is 158 Å². The van der Waals surface area contributed by atoms with Gasteiger partial charge in [0.1, 0.15) is 0 Å². The largest absolute Gasteiger partial charge is 0.351 e. The van der Waals surface area contributed by atoms with Gasteiger partial charge in [-0.2, -0.15) is 5.10 Å². The first kappa shape index (κ1) is 18.2. The lowest BCUT2D eigenvalue weighted by Gasteiger charge is -2.16. The number of carbonyl (C=O) groups is 1. The maximum absolute atomic E-state index is 12.3. The summed E-state index contributed by atoms with van der Waals surface area (Å²) in [6, 6.07) is 17.6. The number of likely N-dealkylation sites (N-methyl/N-ethyl adjacent to an activating group) is 1. The second-order valence-electron chi connectivity index (χ2n) is 6.13. The number of carbonyl (C=O) groups excluding carboxylic acids is 1. The number of benzene rings is 2. The van der Waals surface area contributed by atoms with E-state index < -0.39 is 0 Å². The van der Waals surface area contributed by atoms with E-state index >= 15 is 0 Å². The van der Waals surface area contributed by atoms with Gasteiger partial charge in [0, 0.05) is 30.9 Å². The van der Waals surface area contributed by atoms with Crippen molar-refractivity contribution in [3.05, 3.63) is 83.1 Å². The Morgan fingerprint density at radius 1 is 1.19 bits per heavy atom. The van der Waals surface area contributed by atoms with Crippen molar-refractivity contribution in [2.45, 2.75) is 6.54 Å². The lowest BCUT2D eigenvalue weighted by molar-refractivity contribution is 0.0949. The normalized spacial score (nSPS) is 10.9. The molecule has 26 heavy (non-hydrogen) atoms. The number of amides is 1. The monoisotopic (exact) mass is 368 g/mol. The molecule has 134 valence electrons. The van der Waals surface area contributed by atoms with Crippen LogP contribution in [0.15, 0.2) is 67.0 Å². The molecule has 0 bridgehead atoms. The zero-order valence-electron chi connectivity index (χ0n) is 14.6. The van der Waals surface area contributed by atoms with Crippen LogP contribution in [0.2, 0.25) is 5.02 Å². The molecule has 0 aliphatic heterocycles. The van der Waals surface area contributed by atoms with Crippen molar-refractivity contribution in [1.82, 2.24) is 20.0 Å². The molecule has 3 rings (SSSR count). The first-order valence-electron chi connectivity index (χ1n) is 8.43. The molecule has 0 saturated carbocycles. The molecule has 0 saturated heterocycles.